The standard InChI is InChI=1S/C12H22N2OS/c1-4-12(3,10(13)16)11(15)14-9-6-5-8(2)7-9/h8-9H,4-7H2,1-3H3,(H2,13,16)(H,14,15). The van der Waals surface area contributed by atoms with E-state index < -0.39 is 5.41 Å². The largest absolute Gasteiger partial charge is 0.392 e. The minimum atomic E-state index is -0.693. The van der Waals surface area contributed by atoms with Gasteiger partial charge in [-0.15, -0.1) is 0 Å². The molecule has 3 atom stereocenters. The molecule has 3 nitrogen and oxygen atoms in total. The highest BCUT2D eigenvalue weighted by Crippen LogP contribution is 2.27. The molecule has 0 radical (unpaired) electrons. The van der Waals surface area contributed by atoms with Gasteiger partial charge in [-0.05, 0) is 38.5 Å². The van der Waals surface area contributed by atoms with Crippen molar-refractivity contribution in [1.82, 2.24) is 5.32 Å². The third-order valence-electron chi connectivity index (χ3n) is 3.78. The average molecular weight is 242 g/mol. The van der Waals surface area contributed by atoms with Crippen LogP contribution in [0.1, 0.15) is 46.5 Å². The molecule has 92 valence electrons. The van der Waals surface area contributed by atoms with E-state index in [1.54, 1.807) is 0 Å². The van der Waals surface area contributed by atoms with Crippen molar-refractivity contribution < 1.29 is 4.79 Å². The monoisotopic (exact) mass is 242 g/mol. The molecule has 1 aliphatic carbocycles. The van der Waals surface area contributed by atoms with Crippen LogP contribution < -0.4 is 11.1 Å². The third kappa shape index (κ3) is 2.73. The fraction of sp³-hybridized carbons (Fsp3) is 0.833. The second kappa shape index (κ2) is 5.13. The van der Waals surface area contributed by atoms with E-state index in [-0.39, 0.29) is 5.91 Å². The minimum absolute atomic E-state index is 0.0124. The highest BCUT2D eigenvalue weighted by Gasteiger charge is 2.36. The number of carbonyl (C=O) groups is 1. The Hall–Kier alpha value is -0.640. The predicted molar refractivity (Wildman–Crippen MR) is 70.1 cm³/mol. The molecule has 0 aliphatic heterocycles. The van der Waals surface area contributed by atoms with Crippen molar-refractivity contribution in [3.8, 4) is 0 Å². The first-order chi connectivity index (χ1) is 7.40. The SMILES string of the molecule is CCC(C)(C(=O)NC1CCC(C)C1)C(N)=S. The molecule has 3 unspecified atom stereocenters. The molecule has 0 saturated heterocycles. The Bertz CT molecular complexity index is 293. The van der Waals surface area contributed by atoms with Crippen LogP contribution in [-0.4, -0.2) is 16.9 Å². The van der Waals surface area contributed by atoms with Gasteiger partial charge in [-0.2, -0.15) is 0 Å². The van der Waals surface area contributed by atoms with Crippen LogP contribution in [0.25, 0.3) is 0 Å². The molecule has 1 fully saturated rings. The molecular formula is C12H22N2OS. The number of hydrogen-bond acceptors (Lipinski definition) is 2. The van der Waals surface area contributed by atoms with E-state index in [0.29, 0.717) is 23.4 Å². The zero-order valence-corrected chi connectivity index (χ0v) is 11.2. The molecule has 4 heteroatoms. The molecular weight excluding hydrogens is 220 g/mol. The number of hydrogen-bond donors (Lipinski definition) is 2. The molecule has 0 spiro atoms. The van der Waals surface area contributed by atoms with Crippen molar-refractivity contribution in [3.05, 3.63) is 0 Å². The molecule has 1 rings (SSSR count). The van der Waals surface area contributed by atoms with Crippen molar-refractivity contribution >= 4 is 23.1 Å². The summed E-state index contributed by atoms with van der Waals surface area (Å²) in [7, 11) is 0. The number of amides is 1. The fourth-order valence-electron chi connectivity index (χ4n) is 2.13. The Balaban J connectivity index is 2.60. The summed E-state index contributed by atoms with van der Waals surface area (Å²) < 4.78 is 0. The van der Waals surface area contributed by atoms with Gasteiger partial charge in [0, 0.05) is 6.04 Å². The Morgan fingerprint density at radius 2 is 2.19 bits per heavy atom. The zero-order chi connectivity index (χ0) is 12.3. The van der Waals surface area contributed by atoms with Gasteiger partial charge < -0.3 is 11.1 Å². The topological polar surface area (TPSA) is 55.1 Å². The van der Waals surface area contributed by atoms with Crippen LogP contribution in [0.4, 0.5) is 0 Å². The van der Waals surface area contributed by atoms with Crippen LogP contribution in [0.3, 0.4) is 0 Å². The minimum Gasteiger partial charge on any atom is -0.392 e. The number of carbonyl (C=O) groups excluding carboxylic acids is 1. The molecule has 3 N–H and O–H groups in total. The maximum atomic E-state index is 12.1. The van der Waals surface area contributed by atoms with Gasteiger partial charge >= 0.3 is 0 Å². The molecule has 0 bridgehead atoms. The smallest absolute Gasteiger partial charge is 0.232 e. The number of rotatable bonds is 4. The summed E-state index contributed by atoms with van der Waals surface area (Å²) in [5, 5.41) is 3.08. The lowest BCUT2D eigenvalue weighted by molar-refractivity contribution is -0.127. The van der Waals surface area contributed by atoms with Gasteiger partial charge in [0.05, 0.1) is 10.4 Å². The van der Waals surface area contributed by atoms with Crippen LogP contribution in [0.15, 0.2) is 0 Å². The average Bonchev–Trinajstić information content (AvgIpc) is 2.62. The summed E-state index contributed by atoms with van der Waals surface area (Å²) >= 11 is 4.99. The van der Waals surface area contributed by atoms with Gasteiger partial charge in [-0.1, -0.05) is 26.1 Å². The molecule has 0 aromatic heterocycles. The van der Waals surface area contributed by atoms with Gasteiger partial charge in [0.15, 0.2) is 0 Å². The summed E-state index contributed by atoms with van der Waals surface area (Å²) in [6, 6.07) is 0.308. The summed E-state index contributed by atoms with van der Waals surface area (Å²) in [4.78, 5) is 12.4. The van der Waals surface area contributed by atoms with Gasteiger partial charge in [0.25, 0.3) is 0 Å². The van der Waals surface area contributed by atoms with Crippen molar-refractivity contribution in [2.24, 2.45) is 17.1 Å². The first-order valence-electron chi connectivity index (χ1n) is 6.01. The second-order valence-electron chi connectivity index (χ2n) is 5.14. The van der Waals surface area contributed by atoms with Crippen molar-refractivity contribution in [1.29, 1.82) is 0 Å². The van der Waals surface area contributed by atoms with E-state index in [0.717, 1.165) is 12.8 Å². The Morgan fingerprint density at radius 1 is 1.56 bits per heavy atom. The van der Waals surface area contributed by atoms with Crippen LogP contribution in [0, 0.1) is 11.3 Å². The first kappa shape index (κ1) is 13.4. The van der Waals surface area contributed by atoms with E-state index in [9.17, 15) is 4.79 Å². The summed E-state index contributed by atoms with van der Waals surface area (Å²) in [6.07, 6.45) is 3.99. The van der Waals surface area contributed by atoms with Gasteiger partial charge in [0.2, 0.25) is 5.91 Å². The number of thiocarbonyl (C=S) groups is 1. The highest BCUT2D eigenvalue weighted by atomic mass is 32.1. The van der Waals surface area contributed by atoms with Crippen LogP contribution in [0.2, 0.25) is 0 Å². The maximum Gasteiger partial charge on any atom is 0.232 e. The molecule has 0 aromatic carbocycles. The van der Waals surface area contributed by atoms with E-state index >= 15 is 0 Å². The van der Waals surface area contributed by atoms with E-state index in [2.05, 4.69) is 12.2 Å². The number of nitrogens with two attached hydrogens (primary N) is 1. The lowest BCUT2D eigenvalue weighted by atomic mass is 9.86. The van der Waals surface area contributed by atoms with Crippen LogP contribution in [-0.2, 0) is 4.79 Å². The van der Waals surface area contributed by atoms with Crippen molar-refractivity contribution in [3.63, 3.8) is 0 Å². The number of nitrogens with one attached hydrogen (secondary N) is 1. The molecule has 0 aromatic rings. The molecule has 16 heavy (non-hydrogen) atoms. The highest BCUT2D eigenvalue weighted by molar-refractivity contribution is 7.80. The van der Waals surface area contributed by atoms with Gasteiger partial charge in [-0.3, -0.25) is 4.79 Å². The Labute approximate surface area is 103 Å². The normalized spacial score (nSPS) is 28.4. The van der Waals surface area contributed by atoms with E-state index in [1.807, 2.05) is 13.8 Å². The van der Waals surface area contributed by atoms with Crippen molar-refractivity contribution in [2.45, 2.75) is 52.5 Å². The molecule has 1 aliphatic rings. The maximum absolute atomic E-state index is 12.1. The Morgan fingerprint density at radius 3 is 2.56 bits per heavy atom. The van der Waals surface area contributed by atoms with E-state index in [4.69, 9.17) is 18.0 Å². The lowest BCUT2D eigenvalue weighted by Gasteiger charge is -2.27. The quantitative estimate of drug-likeness (QED) is 0.741. The molecule has 0 heterocycles. The Kier molecular flexibility index (Phi) is 4.30. The van der Waals surface area contributed by atoms with E-state index in [1.165, 1.54) is 6.42 Å². The van der Waals surface area contributed by atoms with Crippen LogP contribution in [0.5, 0.6) is 0 Å². The van der Waals surface area contributed by atoms with Gasteiger partial charge in [0.1, 0.15) is 0 Å². The third-order valence-corrected chi connectivity index (χ3v) is 4.23. The van der Waals surface area contributed by atoms with Crippen molar-refractivity contribution in [2.75, 3.05) is 0 Å². The lowest BCUT2D eigenvalue weighted by Crippen LogP contribution is -2.49. The molecule has 1 saturated carbocycles. The predicted octanol–water partition coefficient (Wildman–Crippen LogP) is 1.99. The molecule has 1 amide bonds. The van der Waals surface area contributed by atoms with Crippen LogP contribution >= 0.6 is 12.2 Å². The summed E-state index contributed by atoms with van der Waals surface area (Å²) in [6.45, 7) is 5.98. The first-order valence-corrected chi connectivity index (χ1v) is 6.41. The summed E-state index contributed by atoms with van der Waals surface area (Å²) in [5.41, 5.74) is 4.96. The zero-order valence-electron chi connectivity index (χ0n) is 10.4. The van der Waals surface area contributed by atoms with Gasteiger partial charge in [-0.25, -0.2) is 0 Å². The fourth-order valence-corrected chi connectivity index (χ4v) is 2.37. The second-order valence-corrected chi connectivity index (χ2v) is 5.58. The summed E-state index contributed by atoms with van der Waals surface area (Å²) in [5.74, 6) is 0.699.